The van der Waals surface area contributed by atoms with E-state index in [1.807, 2.05) is 0 Å². The third kappa shape index (κ3) is 3.37. The molecule has 0 radical (unpaired) electrons. The second kappa shape index (κ2) is 5.47. The fourth-order valence-electron chi connectivity index (χ4n) is 2.08. The molecule has 1 aromatic rings. The quantitative estimate of drug-likeness (QED) is 0.885. The van der Waals surface area contributed by atoms with Crippen molar-refractivity contribution < 1.29 is 4.74 Å². The van der Waals surface area contributed by atoms with Crippen LogP contribution in [0.3, 0.4) is 0 Å². The Hall–Kier alpha value is -1.77. The molecule has 0 bridgehead atoms. The molecule has 0 spiro atoms. The molecule has 19 heavy (non-hydrogen) atoms. The minimum atomic E-state index is 0.279. The molecule has 2 N–H and O–H groups in total. The maximum atomic E-state index is 5.75. The second-order valence-electron chi connectivity index (χ2n) is 5.59. The summed E-state index contributed by atoms with van der Waals surface area (Å²) < 4.78 is 5.75. The van der Waals surface area contributed by atoms with Gasteiger partial charge in [0.1, 0.15) is 5.76 Å². The third-order valence-electron chi connectivity index (χ3n) is 3.86. The molecule has 102 valence electrons. The fraction of sp³-hybridized carbons (Fsp3) is 0.438. The molecular weight excluding hydrogens is 236 g/mol. The van der Waals surface area contributed by atoms with Gasteiger partial charge in [0.05, 0.1) is 11.9 Å². The first-order valence-corrected chi connectivity index (χ1v) is 6.81. The Bertz CT molecular complexity index is 498. The number of rotatable bonds is 4. The van der Waals surface area contributed by atoms with Gasteiger partial charge in [-0.15, -0.1) is 0 Å². The second-order valence-corrected chi connectivity index (χ2v) is 5.59. The van der Waals surface area contributed by atoms with E-state index in [9.17, 15) is 0 Å². The highest BCUT2D eigenvalue weighted by molar-refractivity contribution is 5.36. The van der Waals surface area contributed by atoms with Crippen molar-refractivity contribution in [3.8, 4) is 5.88 Å². The summed E-state index contributed by atoms with van der Waals surface area (Å²) in [7, 11) is 0. The lowest BCUT2D eigenvalue weighted by Gasteiger charge is -2.28. The number of nitrogens with two attached hydrogens (primary N) is 1. The van der Waals surface area contributed by atoms with Crippen molar-refractivity contribution in [3.05, 3.63) is 41.8 Å². The van der Waals surface area contributed by atoms with Crippen LogP contribution < -0.4 is 10.5 Å². The van der Waals surface area contributed by atoms with Gasteiger partial charge in [-0.3, -0.25) is 0 Å². The number of anilines is 1. The van der Waals surface area contributed by atoms with Crippen molar-refractivity contribution >= 4 is 5.69 Å². The van der Waals surface area contributed by atoms with Gasteiger partial charge < -0.3 is 10.5 Å². The van der Waals surface area contributed by atoms with E-state index in [-0.39, 0.29) is 5.41 Å². The molecule has 3 nitrogen and oxygen atoms in total. The summed E-state index contributed by atoms with van der Waals surface area (Å²) in [6.45, 7) is 6.81. The lowest BCUT2D eigenvalue weighted by atomic mass is 9.78. The minimum absolute atomic E-state index is 0.279. The minimum Gasteiger partial charge on any atom is -0.443 e. The molecule has 1 aromatic heterocycles. The lowest BCUT2D eigenvalue weighted by molar-refractivity contribution is 0.365. The number of pyridine rings is 1. The van der Waals surface area contributed by atoms with Gasteiger partial charge in [-0.2, -0.15) is 0 Å². The lowest BCUT2D eigenvalue weighted by Crippen LogP contribution is -2.16. The van der Waals surface area contributed by atoms with Crippen molar-refractivity contribution in [2.75, 3.05) is 5.73 Å². The number of hydrogen-bond acceptors (Lipinski definition) is 3. The summed E-state index contributed by atoms with van der Waals surface area (Å²) >= 11 is 0. The summed E-state index contributed by atoms with van der Waals surface area (Å²) in [4.78, 5) is 4.15. The van der Waals surface area contributed by atoms with Crippen LogP contribution in [0.25, 0.3) is 0 Å². The maximum Gasteiger partial charge on any atom is 0.218 e. The Morgan fingerprint density at radius 1 is 1.26 bits per heavy atom. The van der Waals surface area contributed by atoms with Crippen LogP contribution in [0.2, 0.25) is 0 Å². The topological polar surface area (TPSA) is 48.1 Å². The van der Waals surface area contributed by atoms with Crippen LogP contribution in [0.5, 0.6) is 5.88 Å². The Labute approximate surface area is 115 Å². The number of allylic oxidation sites excluding steroid dienone is 4. The van der Waals surface area contributed by atoms with Gasteiger partial charge in [0.25, 0.3) is 0 Å². The molecule has 0 unspecified atom stereocenters. The van der Waals surface area contributed by atoms with Crippen molar-refractivity contribution in [2.45, 2.75) is 40.0 Å². The summed E-state index contributed by atoms with van der Waals surface area (Å²) in [5, 5.41) is 0. The predicted octanol–water partition coefficient (Wildman–Crippen LogP) is 4.08. The average molecular weight is 258 g/mol. The van der Waals surface area contributed by atoms with Crippen LogP contribution >= 0.6 is 0 Å². The normalized spacial score (nSPS) is 15.7. The average Bonchev–Trinajstić information content (AvgIpc) is 2.42. The molecule has 0 aliphatic heterocycles. The Balaban J connectivity index is 2.06. The van der Waals surface area contributed by atoms with Crippen molar-refractivity contribution in [1.82, 2.24) is 4.98 Å². The van der Waals surface area contributed by atoms with E-state index in [0.29, 0.717) is 11.6 Å². The van der Waals surface area contributed by atoms with Gasteiger partial charge in [-0.05, 0) is 30.4 Å². The van der Waals surface area contributed by atoms with Crippen LogP contribution in [0.15, 0.2) is 41.8 Å². The molecule has 0 saturated heterocycles. The standard InChI is InChI=1S/C16H22N2O/c1-4-16(2,3)12-5-8-14(9-6-12)19-15-10-7-13(17)11-18-15/h5,7-8,10-11H,4,6,9,17H2,1-3H3. The number of ether oxygens (including phenoxy) is 1. The highest BCUT2D eigenvalue weighted by Gasteiger charge is 2.22. The molecule has 1 aliphatic rings. The molecule has 0 atom stereocenters. The summed E-state index contributed by atoms with van der Waals surface area (Å²) in [5.74, 6) is 1.57. The molecule has 0 amide bonds. The number of aromatic nitrogens is 1. The van der Waals surface area contributed by atoms with Crippen LogP contribution in [0, 0.1) is 5.41 Å². The molecule has 0 saturated carbocycles. The van der Waals surface area contributed by atoms with E-state index in [1.165, 1.54) is 5.57 Å². The van der Waals surface area contributed by atoms with Crippen molar-refractivity contribution in [1.29, 1.82) is 0 Å². The van der Waals surface area contributed by atoms with Gasteiger partial charge in [-0.25, -0.2) is 4.98 Å². The molecule has 1 aliphatic carbocycles. The first-order valence-electron chi connectivity index (χ1n) is 6.81. The van der Waals surface area contributed by atoms with E-state index in [0.717, 1.165) is 25.0 Å². The number of nitrogen functional groups attached to an aromatic ring is 1. The Kier molecular flexibility index (Phi) is 3.93. The summed E-state index contributed by atoms with van der Waals surface area (Å²) in [6, 6.07) is 3.60. The smallest absolute Gasteiger partial charge is 0.218 e. The zero-order valence-corrected chi connectivity index (χ0v) is 11.9. The zero-order valence-electron chi connectivity index (χ0n) is 11.9. The first-order chi connectivity index (χ1) is 9.01. The number of nitrogens with zero attached hydrogens (tertiary/aromatic N) is 1. The molecule has 2 rings (SSSR count). The predicted molar refractivity (Wildman–Crippen MR) is 78.7 cm³/mol. The molecular formula is C16H22N2O. The van der Waals surface area contributed by atoms with E-state index in [4.69, 9.17) is 10.5 Å². The van der Waals surface area contributed by atoms with Crippen molar-refractivity contribution in [2.24, 2.45) is 5.41 Å². The van der Waals surface area contributed by atoms with Crippen LogP contribution in [-0.2, 0) is 0 Å². The van der Waals surface area contributed by atoms with Crippen LogP contribution in [0.4, 0.5) is 5.69 Å². The van der Waals surface area contributed by atoms with E-state index in [1.54, 1.807) is 18.3 Å². The van der Waals surface area contributed by atoms with E-state index >= 15 is 0 Å². The SMILES string of the molecule is CCC(C)(C)C1=CC=C(Oc2ccc(N)cn2)CC1. The van der Waals surface area contributed by atoms with E-state index < -0.39 is 0 Å². The fourth-order valence-corrected chi connectivity index (χ4v) is 2.08. The first kappa shape index (κ1) is 13.7. The highest BCUT2D eigenvalue weighted by atomic mass is 16.5. The third-order valence-corrected chi connectivity index (χ3v) is 3.86. The van der Waals surface area contributed by atoms with E-state index in [2.05, 4.69) is 37.9 Å². The van der Waals surface area contributed by atoms with Gasteiger partial charge in [0.15, 0.2) is 0 Å². The van der Waals surface area contributed by atoms with Crippen LogP contribution in [0.1, 0.15) is 40.0 Å². The number of hydrogen-bond donors (Lipinski definition) is 1. The Morgan fingerprint density at radius 2 is 2.05 bits per heavy atom. The summed E-state index contributed by atoms with van der Waals surface area (Å²) in [6.07, 6.45) is 9.01. The van der Waals surface area contributed by atoms with Crippen LogP contribution in [-0.4, -0.2) is 4.98 Å². The van der Waals surface area contributed by atoms with Gasteiger partial charge >= 0.3 is 0 Å². The monoisotopic (exact) mass is 258 g/mol. The maximum absolute atomic E-state index is 5.75. The zero-order chi connectivity index (χ0) is 13.9. The largest absolute Gasteiger partial charge is 0.443 e. The Morgan fingerprint density at radius 3 is 2.58 bits per heavy atom. The molecule has 0 aromatic carbocycles. The molecule has 1 heterocycles. The molecule has 3 heteroatoms. The van der Waals surface area contributed by atoms with Crippen molar-refractivity contribution in [3.63, 3.8) is 0 Å². The van der Waals surface area contributed by atoms with Gasteiger partial charge in [0.2, 0.25) is 5.88 Å². The molecule has 0 fully saturated rings. The highest BCUT2D eigenvalue weighted by Crippen LogP contribution is 2.36. The van der Waals surface area contributed by atoms with Gasteiger partial charge in [-0.1, -0.05) is 32.4 Å². The summed E-state index contributed by atoms with van der Waals surface area (Å²) in [5.41, 5.74) is 8.02. The van der Waals surface area contributed by atoms with Gasteiger partial charge in [0, 0.05) is 12.5 Å².